The van der Waals surface area contributed by atoms with Crippen LogP contribution in [0.1, 0.15) is 106 Å². The number of carbonyl (C=O) groups excluding carboxylic acids is 2. The van der Waals surface area contributed by atoms with Gasteiger partial charge in [-0.25, -0.2) is 0 Å². The van der Waals surface area contributed by atoms with E-state index in [2.05, 4.69) is 43.9 Å². The van der Waals surface area contributed by atoms with E-state index in [4.69, 9.17) is 29.2 Å². The standard InChI is InChI=1S/C32H50N8O10/c1-23(49-27(45)13-16-30(4,22-34)38-37-29(3,21-33)15-11-25(41)42)47-19-9-10-20-48-24(2)50-28(46)14-18-32(6,36-8)40-39-31(5,35-7)17-12-26(43)44/h23-24H,7-20H2,1-6H3,(H,41,42)(H,43,44)/b38-37?,40-39-. The Labute approximate surface area is 292 Å². The van der Waals surface area contributed by atoms with Gasteiger partial charge in [0.05, 0.1) is 25.4 Å². The molecular weight excluding hydrogens is 656 g/mol. The molecule has 18 nitrogen and oxygen atoms in total. The molecule has 0 aromatic heterocycles. The average molecular weight is 707 g/mol. The predicted molar refractivity (Wildman–Crippen MR) is 178 cm³/mol. The minimum absolute atomic E-state index is 0.0438. The number of nitriles is 2. The van der Waals surface area contributed by atoms with Crippen LogP contribution in [-0.4, -0.2) is 95.7 Å². The normalized spacial score (nSPS) is 17.4. The average Bonchev–Trinajstić information content (AvgIpc) is 3.07. The Kier molecular flexibility index (Phi) is 20.0. The Morgan fingerprint density at radius 1 is 0.640 bits per heavy atom. The number of unbranched alkanes of at least 4 members (excludes halogenated alkanes) is 1. The van der Waals surface area contributed by atoms with Gasteiger partial charge in [0.25, 0.3) is 0 Å². The lowest BCUT2D eigenvalue weighted by Gasteiger charge is -2.23. The summed E-state index contributed by atoms with van der Waals surface area (Å²) in [6.07, 6.45) is -1.20. The van der Waals surface area contributed by atoms with Crippen LogP contribution >= 0.6 is 0 Å². The van der Waals surface area contributed by atoms with Crippen LogP contribution in [0.3, 0.4) is 0 Å². The molecule has 0 aromatic rings. The maximum absolute atomic E-state index is 12.3. The lowest BCUT2D eigenvalue weighted by atomic mass is 9.97. The van der Waals surface area contributed by atoms with Gasteiger partial charge in [-0.1, -0.05) is 0 Å². The lowest BCUT2D eigenvalue weighted by molar-refractivity contribution is -0.179. The molecule has 6 unspecified atom stereocenters. The third kappa shape index (κ3) is 20.0. The Hall–Kier alpha value is -4.68. The number of esters is 2. The van der Waals surface area contributed by atoms with Crippen LogP contribution < -0.4 is 0 Å². The number of hydrogen-bond donors (Lipinski definition) is 2. The van der Waals surface area contributed by atoms with Crippen molar-refractivity contribution in [3.8, 4) is 12.1 Å². The van der Waals surface area contributed by atoms with E-state index in [0.29, 0.717) is 12.8 Å². The molecule has 0 rings (SSSR count). The zero-order valence-electron chi connectivity index (χ0n) is 29.8. The molecule has 0 radical (unpaired) electrons. The number of carboxylic acid groups (broad SMARTS) is 2. The summed E-state index contributed by atoms with van der Waals surface area (Å²) < 4.78 is 21.5. The first-order valence-electron chi connectivity index (χ1n) is 16.0. The molecule has 0 aliphatic carbocycles. The first kappa shape index (κ1) is 45.3. The largest absolute Gasteiger partial charge is 0.481 e. The molecule has 0 aliphatic heterocycles. The molecule has 0 amide bonds. The van der Waals surface area contributed by atoms with E-state index in [1.807, 2.05) is 12.1 Å². The monoisotopic (exact) mass is 706 g/mol. The number of carboxylic acids is 2. The van der Waals surface area contributed by atoms with Crippen LogP contribution in [0.25, 0.3) is 0 Å². The number of carbonyl (C=O) groups is 4. The van der Waals surface area contributed by atoms with E-state index < -0.39 is 58.9 Å². The van der Waals surface area contributed by atoms with Gasteiger partial charge in [-0.15, -0.1) is 0 Å². The Morgan fingerprint density at radius 3 is 1.34 bits per heavy atom. The highest BCUT2D eigenvalue weighted by atomic mass is 16.7. The van der Waals surface area contributed by atoms with Gasteiger partial charge in [0.1, 0.15) is 0 Å². The third-order valence-corrected chi connectivity index (χ3v) is 7.23. The summed E-state index contributed by atoms with van der Waals surface area (Å²) in [6.45, 7) is 16.6. The fraction of sp³-hybridized carbons (Fsp3) is 0.750. The van der Waals surface area contributed by atoms with Crippen LogP contribution in [0.5, 0.6) is 0 Å². The van der Waals surface area contributed by atoms with E-state index in [0.717, 1.165) is 0 Å². The number of rotatable bonds is 27. The lowest BCUT2D eigenvalue weighted by Crippen LogP contribution is -2.26. The zero-order chi connectivity index (χ0) is 38.4. The molecule has 0 aliphatic rings. The number of aliphatic imine (C=N–C) groups is 2. The van der Waals surface area contributed by atoms with Crippen molar-refractivity contribution in [3.05, 3.63) is 0 Å². The van der Waals surface area contributed by atoms with Gasteiger partial charge < -0.3 is 29.2 Å². The molecule has 0 bridgehead atoms. The highest BCUT2D eigenvalue weighted by molar-refractivity contribution is 5.70. The molecule has 0 fully saturated rings. The first-order valence-corrected chi connectivity index (χ1v) is 16.0. The second-order valence-electron chi connectivity index (χ2n) is 12.3. The van der Waals surface area contributed by atoms with Gasteiger partial charge in [0.15, 0.2) is 35.0 Å². The molecule has 0 heterocycles. The second-order valence-corrected chi connectivity index (χ2v) is 12.3. The van der Waals surface area contributed by atoms with Gasteiger partial charge in [0.2, 0.25) is 0 Å². The summed E-state index contributed by atoms with van der Waals surface area (Å²) >= 11 is 0. The molecular formula is C32H50N8O10. The topological polar surface area (TPSA) is 267 Å². The number of nitrogens with zero attached hydrogens (tertiary/aromatic N) is 8. The summed E-state index contributed by atoms with van der Waals surface area (Å²) in [5.74, 6) is -3.27. The molecule has 0 aromatic carbocycles. The maximum Gasteiger partial charge on any atom is 0.308 e. The van der Waals surface area contributed by atoms with Crippen LogP contribution in [0.15, 0.2) is 30.4 Å². The molecule has 6 atom stereocenters. The molecule has 0 saturated heterocycles. The summed E-state index contributed by atoms with van der Waals surface area (Å²) in [4.78, 5) is 54.2. The molecule has 50 heavy (non-hydrogen) atoms. The van der Waals surface area contributed by atoms with Crippen molar-refractivity contribution in [2.24, 2.45) is 30.4 Å². The van der Waals surface area contributed by atoms with Gasteiger partial charge in [-0.3, -0.25) is 29.2 Å². The maximum atomic E-state index is 12.3. The first-order chi connectivity index (χ1) is 23.3. The van der Waals surface area contributed by atoms with E-state index in [1.165, 1.54) is 13.8 Å². The molecule has 0 spiro atoms. The fourth-order valence-corrected chi connectivity index (χ4v) is 3.65. The van der Waals surface area contributed by atoms with Crippen LogP contribution in [0.2, 0.25) is 0 Å². The van der Waals surface area contributed by atoms with Crippen molar-refractivity contribution in [2.45, 2.75) is 141 Å². The van der Waals surface area contributed by atoms with Gasteiger partial charge >= 0.3 is 23.9 Å². The van der Waals surface area contributed by atoms with E-state index in [-0.39, 0.29) is 64.6 Å². The fourth-order valence-electron chi connectivity index (χ4n) is 3.65. The number of aliphatic carboxylic acids is 2. The van der Waals surface area contributed by atoms with Crippen LogP contribution in [-0.2, 0) is 38.1 Å². The number of azo groups is 2. The smallest absolute Gasteiger partial charge is 0.308 e. The second kappa shape index (κ2) is 22.1. The molecule has 18 heteroatoms. The summed E-state index contributed by atoms with van der Waals surface area (Å²) in [5, 5.41) is 52.8. The van der Waals surface area contributed by atoms with Crippen molar-refractivity contribution in [1.82, 2.24) is 0 Å². The minimum Gasteiger partial charge on any atom is -0.481 e. The Bertz CT molecular complexity index is 1310. The van der Waals surface area contributed by atoms with Crippen molar-refractivity contribution < 1.29 is 48.3 Å². The highest BCUT2D eigenvalue weighted by Crippen LogP contribution is 2.26. The molecule has 278 valence electrons. The van der Waals surface area contributed by atoms with E-state index in [1.54, 1.807) is 27.7 Å². The van der Waals surface area contributed by atoms with Gasteiger partial charge in [-0.05, 0) is 80.7 Å². The van der Waals surface area contributed by atoms with Crippen molar-refractivity contribution >= 4 is 37.3 Å². The van der Waals surface area contributed by atoms with Crippen LogP contribution in [0.4, 0.5) is 0 Å². The quantitative estimate of drug-likeness (QED) is 0.0368. The van der Waals surface area contributed by atoms with Crippen molar-refractivity contribution in [2.75, 3.05) is 13.2 Å². The molecule has 0 saturated carbocycles. The number of hydrogen-bond acceptors (Lipinski definition) is 16. The van der Waals surface area contributed by atoms with Crippen LogP contribution in [0, 0.1) is 22.7 Å². The van der Waals surface area contributed by atoms with E-state index in [9.17, 15) is 29.7 Å². The van der Waals surface area contributed by atoms with Crippen molar-refractivity contribution in [3.63, 3.8) is 0 Å². The third-order valence-electron chi connectivity index (χ3n) is 7.23. The van der Waals surface area contributed by atoms with Gasteiger partial charge in [-0.2, -0.15) is 31.0 Å². The molecule has 2 N–H and O–H groups in total. The summed E-state index contributed by atoms with van der Waals surface area (Å²) in [5.41, 5.74) is -5.18. The zero-order valence-corrected chi connectivity index (χ0v) is 29.8. The Balaban J connectivity index is 4.49. The van der Waals surface area contributed by atoms with Crippen molar-refractivity contribution in [1.29, 1.82) is 10.5 Å². The van der Waals surface area contributed by atoms with E-state index >= 15 is 0 Å². The SMILES string of the molecule is C=NC(C)(CCC(=O)O)/N=N\C(C)(CCC(=O)OC(C)OCCCCOC(C)OC(=O)CCC(C)(C#N)N=NC(C)(C#N)CCC(=O)O)N=C. The minimum atomic E-state index is -1.43. The number of ether oxygens (including phenoxy) is 4. The summed E-state index contributed by atoms with van der Waals surface area (Å²) in [6, 6.07) is 3.85. The predicted octanol–water partition coefficient (Wildman–Crippen LogP) is 5.17. The Morgan fingerprint density at radius 2 is 0.980 bits per heavy atom. The highest BCUT2D eigenvalue weighted by Gasteiger charge is 2.30. The summed E-state index contributed by atoms with van der Waals surface area (Å²) in [7, 11) is 0. The van der Waals surface area contributed by atoms with Gasteiger partial charge in [0, 0.05) is 38.5 Å².